The molecule has 126 valence electrons. The molecule has 2 atom stereocenters. The second-order valence-electron chi connectivity index (χ2n) is 5.58. The highest BCUT2D eigenvalue weighted by Gasteiger charge is 2.39. The molecule has 6 nitrogen and oxygen atoms in total. The van der Waals surface area contributed by atoms with E-state index in [4.69, 9.17) is 15.2 Å². The van der Waals surface area contributed by atoms with E-state index in [2.05, 4.69) is 5.32 Å². The first-order chi connectivity index (χ1) is 11.1. The molecule has 6 heteroatoms. The zero-order valence-corrected chi connectivity index (χ0v) is 13.6. The van der Waals surface area contributed by atoms with Crippen LogP contribution < -0.4 is 15.8 Å². The Kier molecular flexibility index (Phi) is 5.98. The van der Waals surface area contributed by atoms with Crippen molar-refractivity contribution < 1.29 is 19.1 Å². The Bertz CT molecular complexity index is 540. The molecule has 1 amide bonds. The smallest absolute Gasteiger partial charge is 0.330 e. The van der Waals surface area contributed by atoms with Crippen LogP contribution >= 0.6 is 0 Å². The fourth-order valence-corrected chi connectivity index (χ4v) is 2.39. The average molecular weight is 320 g/mol. The predicted octanol–water partition coefficient (Wildman–Crippen LogP) is 1.48. The van der Waals surface area contributed by atoms with Crippen molar-refractivity contribution in [1.82, 2.24) is 5.32 Å². The van der Waals surface area contributed by atoms with Crippen molar-refractivity contribution in [2.75, 3.05) is 13.2 Å². The van der Waals surface area contributed by atoms with E-state index in [-0.39, 0.29) is 18.4 Å². The maximum absolute atomic E-state index is 12.4. The maximum atomic E-state index is 12.4. The van der Waals surface area contributed by atoms with E-state index in [1.54, 1.807) is 31.2 Å². The van der Waals surface area contributed by atoms with Crippen LogP contribution in [0.25, 0.3) is 0 Å². The van der Waals surface area contributed by atoms with Crippen molar-refractivity contribution in [3.8, 4) is 5.75 Å². The SMILES string of the molecule is CCOC(=O)[C@@H](NC(=O)c1ccc(OCC)cc1)[C@H](N)C1CC1. The van der Waals surface area contributed by atoms with E-state index in [1.807, 2.05) is 6.92 Å². The third-order valence-corrected chi connectivity index (χ3v) is 3.81. The van der Waals surface area contributed by atoms with Crippen molar-refractivity contribution in [2.24, 2.45) is 11.7 Å². The van der Waals surface area contributed by atoms with E-state index in [0.717, 1.165) is 12.8 Å². The average Bonchev–Trinajstić information content (AvgIpc) is 3.38. The number of ether oxygens (including phenoxy) is 2. The molecule has 0 aromatic heterocycles. The largest absolute Gasteiger partial charge is 0.494 e. The number of hydrogen-bond donors (Lipinski definition) is 2. The number of benzene rings is 1. The van der Waals surface area contributed by atoms with Crippen LogP contribution in [0, 0.1) is 5.92 Å². The molecule has 3 N–H and O–H groups in total. The van der Waals surface area contributed by atoms with E-state index in [0.29, 0.717) is 17.9 Å². The number of hydrogen-bond acceptors (Lipinski definition) is 5. The van der Waals surface area contributed by atoms with Gasteiger partial charge in [0.2, 0.25) is 0 Å². The predicted molar refractivity (Wildman–Crippen MR) is 86.2 cm³/mol. The molecule has 0 bridgehead atoms. The number of esters is 1. The lowest BCUT2D eigenvalue weighted by atomic mass is 10.0. The highest BCUT2D eigenvalue weighted by atomic mass is 16.5. The molecule has 2 rings (SSSR count). The van der Waals surface area contributed by atoms with Crippen LogP contribution in [0.3, 0.4) is 0 Å². The molecule has 23 heavy (non-hydrogen) atoms. The fraction of sp³-hybridized carbons (Fsp3) is 0.529. The quantitative estimate of drug-likeness (QED) is 0.708. The molecule has 1 aromatic rings. The number of amides is 1. The Balaban J connectivity index is 2.05. The van der Waals surface area contributed by atoms with Gasteiger partial charge in [0, 0.05) is 11.6 Å². The maximum Gasteiger partial charge on any atom is 0.330 e. The van der Waals surface area contributed by atoms with Crippen LogP contribution in [0.15, 0.2) is 24.3 Å². The van der Waals surface area contributed by atoms with Gasteiger partial charge in [-0.2, -0.15) is 0 Å². The van der Waals surface area contributed by atoms with Crippen LogP contribution in [-0.2, 0) is 9.53 Å². The standard InChI is InChI=1S/C17H24N2O4/c1-3-22-13-9-7-12(8-10-13)16(20)19-15(17(21)23-4-2)14(18)11-5-6-11/h7-11,14-15H,3-6,18H2,1-2H3,(H,19,20)/t14-,15+/m1/s1. The van der Waals surface area contributed by atoms with Crippen molar-refractivity contribution in [1.29, 1.82) is 0 Å². The second kappa shape index (κ2) is 7.97. The first-order valence-electron chi connectivity index (χ1n) is 8.02. The van der Waals surface area contributed by atoms with Gasteiger partial charge in [-0.25, -0.2) is 4.79 Å². The summed E-state index contributed by atoms with van der Waals surface area (Å²) in [6.07, 6.45) is 1.96. The van der Waals surface area contributed by atoms with Gasteiger partial charge >= 0.3 is 5.97 Å². The Morgan fingerprint density at radius 1 is 1.22 bits per heavy atom. The van der Waals surface area contributed by atoms with Gasteiger partial charge in [-0.15, -0.1) is 0 Å². The molecular weight excluding hydrogens is 296 g/mol. The minimum Gasteiger partial charge on any atom is -0.494 e. The molecular formula is C17H24N2O4. The molecule has 0 aliphatic heterocycles. The summed E-state index contributed by atoms with van der Waals surface area (Å²) in [6.45, 7) is 4.44. The highest BCUT2D eigenvalue weighted by molar-refractivity contribution is 5.97. The van der Waals surface area contributed by atoms with E-state index in [9.17, 15) is 9.59 Å². The van der Waals surface area contributed by atoms with Crippen LogP contribution in [0.2, 0.25) is 0 Å². The molecule has 1 aromatic carbocycles. The zero-order valence-electron chi connectivity index (χ0n) is 13.6. The molecule has 1 aliphatic carbocycles. The van der Waals surface area contributed by atoms with Crippen molar-refractivity contribution in [2.45, 2.75) is 38.8 Å². The van der Waals surface area contributed by atoms with E-state index in [1.165, 1.54) is 0 Å². The molecule has 1 fully saturated rings. The van der Waals surface area contributed by atoms with Gasteiger partial charge in [-0.3, -0.25) is 4.79 Å². The van der Waals surface area contributed by atoms with Crippen molar-refractivity contribution in [3.05, 3.63) is 29.8 Å². The number of rotatable bonds is 8. The monoisotopic (exact) mass is 320 g/mol. The van der Waals surface area contributed by atoms with Crippen molar-refractivity contribution >= 4 is 11.9 Å². The van der Waals surface area contributed by atoms with Gasteiger partial charge < -0.3 is 20.5 Å². The first kappa shape index (κ1) is 17.3. The summed E-state index contributed by atoms with van der Waals surface area (Å²) in [7, 11) is 0. The van der Waals surface area contributed by atoms with Crippen LogP contribution in [0.4, 0.5) is 0 Å². The number of carbonyl (C=O) groups excluding carboxylic acids is 2. The van der Waals surface area contributed by atoms with Gasteiger partial charge in [-0.1, -0.05) is 0 Å². The second-order valence-corrected chi connectivity index (χ2v) is 5.58. The molecule has 0 heterocycles. The van der Waals surface area contributed by atoms with Gasteiger partial charge in [0.25, 0.3) is 5.91 Å². The summed E-state index contributed by atoms with van der Waals surface area (Å²) >= 11 is 0. The van der Waals surface area contributed by atoms with Crippen LogP contribution in [-0.4, -0.2) is 37.2 Å². The van der Waals surface area contributed by atoms with E-state index >= 15 is 0 Å². The van der Waals surface area contributed by atoms with E-state index < -0.39 is 18.1 Å². The van der Waals surface area contributed by atoms with Crippen molar-refractivity contribution in [3.63, 3.8) is 0 Å². The molecule has 0 unspecified atom stereocenters. The minimum atomic E-state index is -0.818. The molecule has 1 aliphatic rings. The third-order valence-electron chi connectivity index (χ3n) is 3.81. The molecule has 1 saturated carbocycles. The number of nitrogens with one attached hydrogen (secondary N) is 1. The normalized spacial score (nSPS) is 16.3. The van der Waals surface area contributed by atoms with Crippen LogP contribution in [0.5, 0.6) is 5.75 Å². The summed E-state index contributed by atoms with van der Waals surface area (Å²) < 4.78 is 10.4. The molecule has 0 radical (unpaired) electrons. The third kappa shape index (κ3) is 4.69. The molecule has 0 spiro atoms. The Hall–Kier alpha value is -2.08. The van der Waals surface area contributed by atoms with Crippen LogP contribution in [0.1, 0.15) is 37.0 Å². The van der Waals surface area contributed by atoms with Gasteiger partial charge in [-0.05, 0) is 56.9 Å². The summed E-state index contributed by atoms with van der Waals surface area (Å²) in [4.78, 5) is 24.5. The summed E-state index contributed by atoms with van der Waals surface area (Å²) in [5.41, 5.74) is 6.56. The lowest BCUT2D eigenvalue weighted by Crippen LogP contribution is -2.54. The number of carbonyl (C=O) groups is 2. The van der Waals surface area contributed by atoms with Gasteiger partial charge in [0.05, 0.1) is 13.2 Å². The Labute approximate surface area is 136 Å². The zero-order chi connectivity index (χ0) is 16.8. The lowest BCUT2D eigenvalue weighted by molar-refractivity contribution is -0.146. The van der Waals surface area contributed by atoms with Gasteiger partial charge in [0.15, 0.2) is 0 Å². The summed E-state index contributed by atoms with van der Waals surface area (Å²) in [6, 6.07) is 5.52. The molecule has 0 saturated heterocycles. The summed E-state index contributed by atoms with van der Waals surface area (Å²) in [5.74, 6) is 0.138. The lowest BCUT2D eigenvalue weighted by Gasteiger charge is -2.23. The van der Waals surface area contributed by atoms with Gasteiger partial charge in [0.1, 0.15) is 11.8 Å². The fourth-order valence-electron chi connectivity index (χ4n) is 2.39. The Morgan fingerprint density at radius 2 is 1.87 bits per heavy atom. The summed E-state index contributed by atoms with van der Waals surface area (Å²) in [5, 5.41) is 2.71. The highest BCUT2D eigenvalue weighted by Crippen LogP contribution is 2.33. The first-order valence-corrected chi connectivity index (χ1v) is 8.02. The number of nitrogens with two attached hydrogens (primary N) is 1. The Morgan fingerprint density at radius 3 is 2.39 bits per heavy atom. The topological polar surface area (TPSA) is 90.6 Å². The minimum absolute atomic E-state index is 0.256.